The number of aromatic carboxylic acids is 1. The first kappa shape index (κ1) is 17.1. The summed E-state index contributed by atoms with van der Waals surface area (Å²) in [6, 6.07) is 12.5. The number of carbonyl (C=O) groups excluding carboxylic acids is 1. The first-order chi connectivity index (χ1) is 12.0. The molecule has 1 atom stereocenters. The minimum Gasteiger partial charge on any atom is -0.478 e. The Kier molecular flexibility index (Phi) is 5.09. The Balaban J connectivity index is 1.64. The van der Waals surface area contributed by atoms with Gasteiger partial charge in [-0.3, -0.25) is 4.79 Å². The largest absolute Gasteiger partial charge is 0.478 e. The molecule has 1 N–H and O–H groups in total. The predicted molar refractivity (Wildman–Crippen MR) is 88.8 cm³/mol. The van der Waals surface area contributed by atoms with Gasteiger partial charge in [-0.25, -0.2) is 9.18 Å². The summed E-state index contributed by atoms with van der Waals surface area (Å²) in [6.45, 7) is 1.25. The van der Waals surface area contributed by atoms with E-state index in [0.29, 0.717) is 25.3 Å². The molecule has 2 aromatic carbocycles. The lowest BCUT2D eigenvalue weighted by atomic mass is 10.1. The summed E-state index contributed by atoms with van der Waals surface area (Å²) in [4.78, 5) is 25.1. The number of nitrogens with zero attached hydrogens (tertiary/aromatic N) is 1. The molecule has 0 bridgehead atoms. The molecule has 0 saturated carbocycles. The maximum atomic E-state index is 13.4. The number of ether oxygens (including phenoxy) is 1. The van der Waals surface area contributed by atoms with E-state index in [1.165, 1.54) is 24.3 Å². The van der Waals surface area contributed by atoms with E-state index in [-0.39, 0.29) is 29.8 Å². The van der Waals surface area contributed by atoms with Crippen LogP contribution in [0.25, 0.3) is 0 Å². The second-order valence-electron chi connectivity index (χ2n) is 5.93. The van der Waals surface area contributed by atoms with Gasteiger partial charge in [0.15, 0.2) is 0 Å². The zero-order valence-electron chi connectivity index (χ0n) is 13.5. The Bertz CT molecular complexity index is 775. The van der Waals surface area contributed by atoms with Crippen LogP contribution < -0.4 is 0 Å². The van der Waals surface area contributed by atoms with E-state index < -0.39 is 5.97 Å². The van der Waals surface area contributed by atoms with Gasteiger partial charge in [0.1, 0.15) is 11.9 Å². The van der Waals surface area contributed by atoms with Crippen LogP contribution in [-0.4, -0.2) is 41.6 Å². The standard InChI is InChI=1S/C19H18FNO4/c20-16-3-1-2-15(11-16)17-12-21(8-9-25-17)18(22)10-13-4-6-14(7-5-13)19(23)24/h1-7,11,17H,8-10,12H2,(H,23,24). The molecule has 130 valence electrons. The van der Waals surface area contributed by atoms with Crippen LogP contribution in [0.5, 0.6) is 0 Å². The summed E-state index contributed by atoms with van der Waals surface area (Å²) in [5.74, 6) is -1.39. The van der Waals surface area contributed by atoms with Crippen molar-refractivity contribution in [1.29, 1.82) is 0 Å². The highest BCUT2D eigenvalue weighted by Crippen LogP contribution is 2.23. The van der Waals surface area contributed by atoms with Crippen molar-refractivity contribution in [2.75, 3.05) is 19.7 Å². The molecule has 0 spiro atoms. The molecule has 25 heavy (non-hydrogen) atoms. The van der Waals surface area contributed by atoms with Gasteiger partial charge in [0, 0.05) is 6.54 Å². The summed E-state index contributed by atoms with van der Waals surface area (Å²) in [5.41, 5.74) is 1.65. The summed E-state index contributed by atoms with van der Waals surface area (Å²) in [7, 11) is 0. The molecule has 5 nitrogen and oxygen atoms in total. The molecular weight excluding hydrogens is 325 g/mol. The van der Waals surface area contributed by atoms with Crippen molar-refractivity contribution >= 4 is 11.9 Å². The molecule has 2 aromatic rings. The zero-order chi connectivity index (χ0) is 17.8. The molecular formula is C19H18FNO4. The topological polar surface area (TPSA) is 66.8 Å². The molecule has 1 aliphatic rings. The predicted octanol–water partition coefficient (Wildman–Crippen LogP) is 2.67. The Morgan fingerprint density at radius 1 is 1.20 bits per heavy atom. The molecule has 0 aliphatic carbocycles. The lowest BCUT2D eigenvalue weighted by Crippen LogP contribution is -2.43. The second-order valence-corrected chi connectivity index (χ2v) is 5.93. The van der Waals surface area contributed by atoms with Gasteiger partial charge in [-0.05, 0) is 35.4 Å². The third-order valence-electron chi connectivity index (χ3n) is 4.20. The van der Waals surface area contributed by atoms with Crippen LogP contribution in [0.4, 0.5) is 4.39 Å². The number of carboxylic acid groups (broad SMARTS) is 1. The van der Waals surface area contributed by atoms with Gasteiger partial charge in [0.25, 0.3) is 0 Å². The minimum atomic E-state index is -0.996. The fourth-order valence-corrected chi connectivity index (χ4v) is 2.84. The molecule has 0 radical (unpaired) electrons. The molecule has 0 aromatic heterocycles. The van der Waals surface area contributed by atoms with E-state index in [2.05, 4.69) is 0 Å². The van der Waals surface area contributed by atoms with Crippen molar-refractivity contribution < 1.29 is 23.8 Å². The molecule has 1 aliphatic heterocycles. The number of benzene rings is 2. The first-order valence-corrected chi connectivity index (χ1v) is 8.00. The fraction of sp³-hybridized carbons (Fsp3) is 0.263. The SMILES string of the molecule is O=C(O)c1ccc(CC(=O)N2CCOC(c3cccc(F)c3)C2)cc1. The van der Waals surface area contributed by atoms with Crippen molar-refractivity contribution in [2.45, 2.75) is 12.5 Å². The van der Waals surface area contributed by atoms with E-state index in [0.717, 1.165) is 5.56 Å². The maximum absolute atomic E-state index is 13.4. The third-order valence-corrected chi connectivity index (χ3v) is 4.20. The number of morpholine rings is 1. The molecule has 3 rings (SSSR count). The van der Waals surface area contributed by atoms with Gasteiger partial charge in [0.2, 0.25) is 5.91 Å². The van der Waals surface area contributed by atoms with Gasteiger partial charge >= 0.3 is 5.97 Å². The van der Waals surface area contributed by atoms with Crippen molar-refractivity contribution in [3.63, 3.8) is 0 Å². The van der Waals surface area contributed by atoms with Crippen LogP contribution in [0.3, 0.4) is 0 Å². The fourth-order valence-electron chi connectivity index (χ4n) is 2.84. The number of hydrogen-bond acceptors (Lipinski definition) is 3. The average molecular weight is 343 g/mol. The summed E-state index contributed by atoms with van der Waals surface area (Å²) < 4.78 is 19.0. The molecule has 1 unspecified atom stereocenters. The van der Waals surface area contributed by atoms with Gasteiger partial charge in [-0.15, -0.1) is 0 Å². The van der Waals surface area contributed by atoms with Gasteiger partial charge < -0.3 is 14.7 Å². The zero-order valence-corrected chi connectivity index (χ0v) is 13.5. The summed E-state index contributed by atoms with van der Waals surface area (Å²) in [5, 5.41) is 8.90. The highest BCUT2D eigenvalue weighted by molar-refractivity contribution is 5.87. The smallest absolute Gasteiger partial charge is 0.335 e. The number of rotatable bonds is 4. The van der Waals surface area contributed by atoms with Gasteiger partial charge in [-0.2, -0.15) is 0 Å². The van der Waals surface area contributed by atoms with Gasteiger partial charge in [-0.1, -0.05) is 24.3 Å². The Hall–Kier alpha value is -2.73. The Labute approximate surface area is 144 Å². The normalized spacial score (nSPS) is 17.3. The van der Waals surface area contributed by atoms with E-state index in [1.807, 2.05) is 0 Å². The third kappa shape index (κ3) is 4.22. The number of carboxylic acids is 1. The average Bonchev–Trinajstić information content (AvgIpc) is 2.62. The van der Waals surface area contributed by atoms with Crippen LogP contribution in [0, 0.1) is 5.82 Å². The lowest BCUT2D eigenvalue weighted by molar-refractivity contribution is -0.138. The van der Waals surface area contributed by atoms with Crippen LogP contribution in [0.2, 0.25) is 0 Å². The first-order valence-electron chi connectivity index (χ1n) is 8.00. The molecule has 1 saturated heterocycles. The minimum absolute atomic E-state index is 0.0622. The van der Waals surface area contributed by atoms with Crippen molar-refractivity contribution in [2.24, 2.45) is 0 Å². The lowest BCUT2D eigenvalue weighted by Gasteiger charge is -2.33. The van der Waals surface area contributed by atoms with Crippen LogP contribution in [0.1, 0.15) is 27.6 Å². The van der Waals surface area contributed by atoms with Crippen molar-refractivity contribution in [1.82, 2.24) is 4.90 Å². The molecule has 1 fully saturated rings. The quantitative estimate of drug-likeness (QED) is 0.927. The van der Waals surface area contributed by atoms with Crippen molar-refractivity contribution in [3.8, 4) is 0 Å². The van der Waals surface area contributed by atoms with Gasteiger partial charge in [0.05, 0.1) is 25.1 Å². The highest BCUT2D eigenvalue weighted by Gasteiger charge is 2.25. The number of halogens is 1. The van der Waals surface area contributed by atoms with Crippen LogP contribution in [0.15, 0.2) is 48.5 Å². The highest BCUT2D eigenvalue weighted by atomic mass is 19.1. The van der Waals surface area contributed by atoms with Crippen LogP contribution >= 0.6 is 0 Å². The van der Waals surface area contributed by atoms with E-state index >= 15 is 0 Å². The van der Waals surface area contributed by atoms with E-state index in [9.17, 15) is 14.0 Å². The Morgan fingerprint density at radius 2 is 1.96 bits per heavy atom. The summed E-state index contributed by atoms with van der Waals surface area (Å²) >= 11 is 0. The summed E-state index contributed by atoms with van der Waals surface area (Å²) in [6.07, 6.45) is -0.154. The second kappa shape index (κ2) is 7.44. The monoisotopic (exact) mass is 343 g/mol. The number of amides is 1. The Morgan fingerprint density at radius 3 is 2.64 bits per heavy atom. The molecule has 1 heterocycles. The van der Waals surface area contributed by atoms with Crippen molar-refractivity contribution in [3.05, 3.63) is 71.0 Å². The van der Waals surface area contributed by atoms with E-state index in [4.69, 9.17) is 9.84 Å². The number of carbonyl (C=O) groups is 2. The maximum Gasteiger partial charge on any atom is 0.335 e. The number of hydrogen-bond donors (Lipinski definition) is 1. The molecule has 1 amide bonds. The molecule has 6 heteroatoms. The van der Waals surface area contributed by atoms with E-state index in [1.54, 1.807) is 29.2 Å². The van der Waals surface area contributed by atoms with Crippen LogP contribution in [-0.2, 0) is 16.0 Å².